The van der Waals surface area contributed by atoms with Crippen LogP contribution in [0.15, 0.2) is 72.0 Å². The van der Waals surface area contributed by atoms with Gasteiger partial charge in [0.1, 0.15) is 17.2 Å². The van der Waals surface area contributed by atoms with Crippen molar-refractivity contribution >= 4 is 17.9 Å². The smallest absolute Gasteiger partial charge is 0.343 e. The van der Waals surface area contributed by atoms with Gasteiger partial charge in [-0.25, -0.2) is 4.79 Å². The summed E-state index contributed by atoms with van der Waals surface area (Å²) < 4.78 is 11.1. The SMILES string of the molecule is CCCCCCOc1ccc(C(=O)Oc2ccc(C=Nc3cccnc3)c(O)c2)cc1. The highest BCUT2D eigenvalue weighted by Gasteiger charge is 2.10. The van der Waals surface area contributed by atoms with E-state index in [0.717, 1.165) is 18.6 Å². The zero-order valence-corrected chi connectivity index (χ0v) is 17.5. The predicted molar refractivity (Wildman–Crippen MR) is 121 cm³/mol. The predicted octanol–water partition coefficient (Wildman–Crippen LogP) is 5.72. The van der Waals surface area contributed by atoms with Gasteiger partial charge in [-0.05, 0) is 55.0 Å². The number of carbonyl (C=O) groups is 1. The first-order chi connectivity index (χ1) is 15.2. The molecule has 160 valence electrons. The van der Waals surface area contributed by atoms with Crippen molar-refractivity contribution in [2.24, 2.45) is 4.99 Å². The molecular formula is C25H26N2O4. The number of benzene rings is 2. The molecule has 0 bridgehead atoms. The van der Waals surface area contributed by atoms with Gasteiger partial charge in [0.2, 0.25) is 0 Å². The molecule has 0 unspecified atom stereocenters. The number of hydrogen-bond acceptors (Lipinski definition) is 6. The van der Waals surface area contributed by atoms with Crippen LogP contribution in [-0.4, -0.2) is 28.9 Å². The molecule has 3 aromatic rings. The summed E-state index contributed by atoms with van der Waals surface area (Å²) in [5.41, 5.74) is 1.58. The molecule has 6 heteroatoms. The molecule has 0 aliphatic rings. The summed E-state index contributed by atoms with van der Waals surface area (Å²) in [5.74, 6) is 0.427. The second kappa shape index (κ2) is 11.5. The molecule has 1 aromatic heterocycles. The fourth-order valence-corrected chi connectivity index (χ4v) is 2.84. The first-order valence-corrected chi connectivity index (χ1v) is 10.4. The largest absolute Gasteiger partial charge is 0.507 e. The fourth-order valence-electron chi connectivity index (χ4n) is 2.84. The van der Waals surface area contributed by atoms with E-state index in [1.54, 1.807) is 60.9 Å². The maximum absolute atomic E-state index is 12.4. The number of phenols is 1. The van der Waals surface area contributed by atoms with Crippen molar-refractivity contribution in [3.8, 4) is 17.2 Å². The monoisotopic (exact) mass is 418 g/mol. The van der Waals surface area contributed by atoms with Crippen LogP contribution in [0, 0.1) is 0 Å². The van der Waals surface area contributed by atoms with E-state index in [9.17, 15) is 9.90 Å². The van der Waals surface area contributed by atoms with Crippen LogP contribution in [0.2, 0.25) is 0 Å². The van der Waals surface area contributed by atoms with Gasteiger partial charge in [-0.1, -0.05) is 26.2 Å². The topological polar surface area (TPSA) is 81.0 Å². The fraction of sp³-hybridized carbons (Fsp3) is 0.240. The van der Waals surface area contributed by atoms with Gasteiger partial charge in [0.05, 0.1) is 24.1 Å². The Morgan fingerprint density at radius 1 is 1.06 bits per heavy atom. The van der Waals surface area contributed by atoms with Gasteiger partial charge in [-0.2, -0.15) is 0 Å². The summed E-state index contributed by atoms with van der Waals surface area (Å²) in [6.45, 7) is 2.84. The third-order valence-electron chi connectivity index (χ3n) is 4.57. The van der Waals surface area contributed by atoms with E-state index >= 15 is 0 Å². The number of ether oxygens (including phenoxy) is 2. The van der Waals surface area contributed by atoms with Crippen molar-refractivity contribution in [1.29, 1.82) is 0 Å². The lowest BCUT2D eigenvalue weighted by atomic mass is 10.2. The van der Waals surface area contributed by atoms with Gasteiger partial charge in [0.25, 0.3) is 0 Å². The average molecular weight is 418 g/mol. The van der Waals surface area contributed by atoms with Crippen molar-refractivity contribution in [2.45, 2.75) is 32.6 Å². The van der Waals surface area contributed by atoms with Crippen LogP contribution in [-0.2, 0) is 0 Å². The van der Waals surface area contributed by atoms with Crippen LogP contribution in [0.3, 0.4) is 0 Å². The van der Waals surface area contributed by atoms with E-state index in [1.807, 2.05) is 0 Å². The maximum Gasteiger partial charge on any atom is 0.343 e. The summed E-state index contributed by atoms with van der Waals surface area (Å²) in [4.78, 5) is 20.6. The minimum atomic E-state index is -0.509. The van der Waals surface area contributed by atoms with Crippen LogP contribution in [0.4, 0.5) is 5.69 Å². The van der Waals surface area contributed by atoms with Gasteiger partial charge >= 0.3 is 5.97 Å². The van der Waals surface area contributed by atoms with E-state index in [-0.39, 0.29) is 11.5 Å². The Bertz CT molecular complexity index is 1000. The Morgan fingerprint density at radius 3 is 2.58 bits per heavy atom. The van der Waals surface area contributed by atoms with Gasteiger partial charge < -0.3 is 14.6 Å². The third kappa shape index (κ3) is 6.96. The first kappa shape index (κ1) is 22.0. The number of aromatic hydroxyl groups is 1. The Kier molecular flexibility index (Phi) is 8.17. The first-order valence-electron chi connectivity index (χ1n) is 10.4. The highest BCUT2D eigenvalue weighted by molar-refractivity contribution is 5.91. The molecule has 0 spiro atoms. The lowest BCUT2D eigenvalue weighted by Crippen LogP contribution is -2.08. The lowest BCUT2D eigenvalue weighted by Gasteiger charge is -2.08. The highest BCUT2D eigenvalue weighted by Crippen LogP contribution is 2.24. The Hall–Kier alpha value is -3.67. The number of hydrogen-bond donors (Lipinski definition) is 1. The number of aliphatic imine (C=N–C) groups is 1. The van der Waals surface area contributed by atoms with Crippen molar-refractivity contribution in [2.75, 3.05) is 6.61 Å². The molecule has 0 saturated carbocycles. The number of nitrogens with zero attached hydrogens (tertiary/aromatic N) is 2. The molecule has 0 radical (unpaired) electrons. The maximum atomic E-state index is 12.4. The van der Waals surface area contributed by atoms with E-state index < -0.39 is 5.97 Å². The molecule has 1 heterocycles. The second-order valence-electron chi connectivity index (χ2n) is 7.01. The quantitative estimate of drug-likeness (QED) is 0.197. The minimum Gasteiger partial charge on any atom is -0.507 e. The standard InChI is InChI=1S/C25H26N2O4/c1-2-3-4-5-15-30-22-11-8-19(9-12-22)25(29)31-23-13-10-20(24(28)16-23)17-27-21-7-6-14-26-18-21/h6-14,16-18,28H,2-5,15H2,1H3. The lowest BCUT2D eigenvalue weighted by molar-refractivity contribution is 0.0734. The summed E-state index contributed by atoms with van der Waals surface area (Å²) in [7, 11) is 0. The van der Waals surface area contributed by atoms with Gasteiger partial charge in [-0.3, -0.25) is 9.98 Å². The Balaban J connectivity index is 1.55. The second-order valence-corrected chi connectivity index (χ2v) is 7.01. The molecule has 6 nitrogen and oxygen atoms in total. The van der Waals surface area contributed by atoms with Crippen LogP contribution in [0.25, 0.3) is 0 Å². The van der Waals surface area contributed by atoms with E-state index in [2.05, 4.69) is 16.9 Å². The molecule has 1 N–H and O–H groups in total. The van der Waals surface area contributed by atoms with Gasteiger partial charge in [-0.15, -0.1) is 0 Å². The van der Waals surface area contributed by atoms with E-state index in [1.165, 1.54) is 25.1 Å². The number of rotatable bonds is 10. The molecule has 3 rings (SSSR count). The molecule has 2 aromatic carbocycles. The van der Waals surface area contributed by atoms with Crippen molar-refractivity contribution < 1.29 is 19.4 Å². The molecule has 31 heavy (non-hydrogen) atoms. The molecule has 0 fully saturated rings. The van der Waals surface area contributed by atoms with E-state index in [4.69, 9.17) is 9.47 Å². The summed E-state index contributed by atoms with van der Waals surface area (Å²) in [6, 6.07) is 15.1. The summed E-state index contributed by atoms with van der Waals surface area (Å²) in [6.07, 6.45) is 9.38. The van der Waals surface area contributed by atoms with Crippen molar-refractivity contribution in [3.63, 3.8) is 0 Å². The number of pyridine rings is 1. The average Bonchev–Trinajstić information content (AvgIpc) is 2.79. The number of esters is 1. The number of unbranched alkanes of at least 4 members (excludes halogenated alkanes) is 3. The van der Waals surface area contributed by atoms with Gasteiger partial charge in [0.15, 0.2) is 0 Å². The number of aromatic nitrogens is 1. The normalized spacial score (nSPS) is 10.9. The third-order valence-corrected chi connectivity index (χ3v) is 4.57. The molecular weight excluding hydrogens is 392 g/mol. The van der Waals surface area contributed by atoms with Crippen LogP contribution in [0.5, 0.6) is 17.2 Å². The van der Waals surface area contributed by atoms with Crippen molar-refractivity contribution in [3.05, 3.63) is 78.1 Å². The molecule has 0 saturated heterocycles. The van der Waals surface area contributed by atoms with Crippen molar-refractivity contribution in [1.82, 2.24) is 4.98 Å². The molecule has 0 atom stereocenters. The van der Waals surface area contributed by atoms with Crippen LogP contribution in [0.1, 0.15) is 48.5 Å². The van der Waals surface area contributed by atoms with Crippen LogP contribution >= 0.6 is 0 Å². The zero-order valence-electron chi connectivity index (χ0n) is 17.5. The molecule has 0 amide bonds. The molecule has 0 aliphatic heterocycles. The summed E-state index contributed by atoms with van der Waals surface area (Å²) >= 11 is 0. The van der Waals surface area contributed by atoms with E-state index in [0.29, 0.717) is 23.4 Å². The van der Waals surface area contributed by atoms with Crippen LogP contribution < -0.4 is 9.47 Å². The summed E-state index contributed by atoms with van der Waals surface area (Å²) in [5, 5.41) is 10.2. The highest BCUT2D eigenvalue weighted by atomic mass is 16.5. The minimum absolute atomic E-state index is 0.0373. The Labute approximate surface area is 182 Å². The van der Waals surface area contributed by atoms with Gasteiger partial charge in [0, 0.05) is 24.0 Å². The Morgan fingerprint density at radius 2 is 1.87 bits per heavy atom. The number of carbonyl (C=O) groups excluding carboxylic acids is 1. The zero-order chi connectivity index (χ0) is 21.9. The molecule has 0 aliphatic carbocycles. The number of phenolic OH excluding ortho intramolecular Hbond substituents is 1.